The molecule has 3 unspecified atom stereocenters. The Bertz CT molecular complexity index is 390. The third-order valence-electron chi connectivity index (χ3n) is 4.72. The van der Waals surface area contributed by atoms with Crippen LogP contribution in [0.3, 0.4) is 0 Å². The van der Waals surface area contributed by atoms with Gasteiger partial charge >= 0.3 is 0 Å². The number of ether oxygens (including phenoxy) is 1. The molecule has 3 rings (SSSR count). The fraction of sp³-hybridized carbons (Fsp3) is 0.625. The van der Waals surface area contributed by atoms with Crippen molar-refractivity contribution in [1.29, 1.82) is 0 Å². The maximum absolute atomic E-state index is 5.50. The summed E-state index contributed by atoms with van der Waals surface area (Å²) in [5.74, 6) is 3.84. The van der Waals surface area contributed by atoms with Crippen LogP contribution in [-0.2, 0) is 0 Å². The van der Waals surface area contributed by atoms with Crippen molar-refractivity contribution < 1.29 is 4.74 Å². The summed E-state index contributed by atoms with van der Waals surface area (Å²) in [7, 11) is 2.09. The molecule has 2 aliphatic rings. The van der Waals surface area contributed by atoms with Crippen molar-refractivity contribution in [2.45, 2.75) is 32.2 Å². The van der Waals surface area contributed by atoms with E-state index in [1.54, 1.807) is 0 Å². The zero-order valence-corrected chi connectivity index (χ0v) is 11.4. The fourth-order valence-corrected chi connectivity index (χ4v) is 3.89. The van der Waals surface area contributed by atoms with Gasteiger partial charge in [0.15, 0.2) is 0 Å². The van der Waals surface area contributed by atoms with E-state index in [4.69, 9.17) is 4.74 Å². The lowest BCUT2D eigenvalue weighted by molar-refractivity contribution is 0.340. The van der Waals surface area contributed by atoms with Gasteiger partial charge in [-0.15, -0.1) is 0 Å². The van der Waals surface area contributed by atoms with Gasteiger partial charge in [-0.3, -0.25) is 0 Å². The highest BCUT2D eigenvalue weighted by atomic mass is 16.5. The summed E-state index contributed by atoms with van der Waals surface area (Å²) in [6.07, 6.45) is 4.35. The van der Waals surface area contributed by atoms with Gasteiger partial charge in [0.1, 0.15) is 5.75 Å². The first kappa shape index (κ1) is 12.0. The second-order valence-electron chi connectivity index (χ2n) is 5.60. The van der Waals surface area contributed by atoms with Crippen molar-refractivity contribution in [3.8, 4) is 5.75 Å². The Morgan fingerprint density at radius 2 is 1.89 bits per heavy atom. The van der Waals surface area contributed by atoms with E-state index in [1.165, 1.54) is 24.8 Å². The van der Waals surface area contributed by atoms with Crippen LogP contribution in [0.15, 0.2) is 24.3 Å². The number of rotatable bonds is 5. The van der Waals surface area contributed by atoms with E-state index in [0.29, 0.717) is 6.04 Å². The molecule has 1 N–H and O–H groups in total. The summed E-state index contributed by atoms with van der Waals surface area (Å²) in [5.41, 5.74) is 1.42. The predicted molar refractivity (Wildman–Crippen MR) is 73.7 cm³/mol. The van der Waals surface area contributed by atoms with E-state index >= 15 is 0 Å². The molecule has 0 aliphatic heterocycles. The van der Waals surface area contributed by atoms with Crippen molar-refractivity contribution in [3.05, 3.63) is 29.8 Å². The molecule has 0 aromatic heterocycles. The van der Waals surface area contributed by atoms with Gasteiger partial charge in [-0.05, 0) is 62.3 Å². The van der Waals surface area contributed by atoms with E-state index < -0.39 is 0 Å². The molecule has 2 heteroatoms. The molecule has 18 heavy (non-hydrogen) atoms. The Hall–Kier alpha value is -1.02. The number of nitrogens with one attached hydrogen (secondary N) is 1. The number of hydrogen-bond donors (Lipinski definition) is 1. The predicted octanol–water partition coefficient (Wildman–Crippen LogP) is 3.39. The van der Waals surface area contributed by atoms with E-state index in [9.17, 15) is 0 Å². The lowest BCUT2D eigenvalue weighted by Crippen LogP contribution is -2.20. The van der Waals surface area contributed by atoms with Crippen LogP contribution >= 0.6 is 0 Å². The summed E-state index contributed by atoms with van der Waals surface area (Å²) in [6, 6.07) is 9.18. The summed E-state index contributed by atoms with van der Waals surface area (Å²) < 4.78 is 5.50. The molecule has 0 radical (unpaired) electrons. The van der Waals surface area contributed by atoms with E-state index in [0.717, 1.165) is 30.1 Å². The minimum absolute atomic E-state index is 0.538. The SMILES string of the molecule is CCOc1ccc(C(NC)C2C3CCCC32)cc1. The van der Waals surface area contributed by atoms with Crippen LogP contribution in [0.25, 0.3) is 0 Å². The van der Waals surface area contributed by atoms with E-state index in [2.05, 4.69) is 36.6 Å². The topological polar surface area (TPSA) is 21.3 Å². The Morgan fingerprint density at radius 1 is 1.22 bits per heavy atom. The molecule has 0 amide bonds. The smallest absolute Gasteiger partial charge is 0.119 e. The highest BCUT2D eigenvalue weighted by Gasteiger charge is 2.55. The third kappa shape index (κ3) is 2.03. The van der Waals surface area contributed by atoms with Crippen LogP contribution in [0, 0.1) is 17.8 Å². The molecule has 2 saturated carbocycles. The summed E-state index contributed by atoms with van der Waals surface area (Å²) in [5, 5.41) is 3.52. The van der Waals surface area contributed by atoms with Crippen LogP contribution in [0.1, 0.15) is 37.8 Å². The maximum Gasteiger partial charge on any atom is 0.119 e. The van der Waals surface area contributed by atoms with Gasteiger partial charge in [0, 0.05) is 6.04 Å². The van der Waals surface area contributed by atoms with Gasteiger partial charge < -0.3 is 10.1 Å². The summed E-state index contributed by atoms with van der Waals surface area (Å²) in [6.45, 7) is 2.76. The van der Waals surface area contributed by atoms with Crippen molar-refractivity contribution in [2.75, 3.05) is 13.7 Å². The summed E-state index contributed by atoms with van der Waals surface area (Å²) >= 11 is 0. The molecule has 98 valence electrons. The highest BCUT2D eigenvalue weighted by Crippen LogP contribution is 2.62. The molecule has 2 aliphatic carbocycles. The minimum atomic E-state index is 0.538. The van der Waals surface area contributed by atoms with Crippen molar-refractivity contribution in [2.24, 2.45) is 17.8 Å². The molecule has 2 nitrogen and oxygen atoms in total. The van der Waals surface area contributed by atoms with Gasteiger partial charge in [-0.25, -0.2) is 0 Å². The van der Waals surface area contributed by atoms with E-state index in [1.807, 2.05) is 6.92 Å². The second kappa shape index (κ2) is 4.93. The molecule has 0 heterocycles. The van der Waals surface area contributed by atoms with Gasteiger partial charge in [-0.1, -0.05) is 18.6 Å². The van der Waals surface area contributed by atoms with Gasteiger partial charge in [0.25, 0.3) is 0 Å². The van der Waals surface area contributed by atoms with Crippen molar-refractivity contribution in [3.63, 3.8) is 0 Å². The zero-order valence-electron chi connectivity index (χ0n) is 11.4. The number of benzene rings is 1. The molecule has 0 saturated heterocycles. The maximum atomic E-state index is 5.50. The van der Waals surface area contributed by atoms with Gasteiger partial charge in [0.2, 0.25) is 0 Å². The van der Waals surface area contributed by atoms with Crippen LogP contribution in [0.5, 0.6) is 5.75 Å². The van der Waals surface area contributed by atoms with Gasteiger partial charge in [0.05, 0.1) is 6.61 Å². The van der Waals surface area contributed by atoms with Crippen LogP contribution in [0.4, 0.5) is 0 Å². The monoisotopic (exact) mass is 245 g/mol. The fourth-order valence-electron chi connectivity index (χ4n) is 3.89. The first-order chi connectivity index (χ1) is 8.85. The lowest BCUT2D eigenvalue weighted by atomic mass is 9.97. The minimum Gasteiger partial charge on any atom is -0.494 e. The molecular formula is C16H23NO. The first-order valence-corrected chi connectivity index (χ1v) is 7.25. The van der Waals surface area contributed by atoms with Crippen LogP contribution in [0.2, 0.25) is 0 Å². The van der Waals surface area contributed by atoms with Crippen molar-refractivity contribution >= 4 is 0 Å². The Labute approximate surface area is 110 Å². The highest BCUT2D eigenvalue weighted by molar-refractivity contribution is 5.31. The standard InChI is InChI=1S/C16H23NO/c1-3-18-12-9-7-11(8-10-12)16(17-2)15-13-5-4-6-14(13)15/h7-10,13-17H,3-6H2,1-2H3. The third-order valence-corrected chi connectivity index (χ3v) is 4.72. The number of hydrogen-bond acceptors (Lipinski definition) is 2. The molecule has 0 spiro atoms. The molecule has 1 aromatic rings. The zero-order chi connectivity index (χ0) is 12.5. The lowest BCUT2D eigenvalue weighted by Gasteiger charge is -2.19. The number of fused-ring (bicyclic) bond motifs is 1. The Balaban J connectivity index is 1.71. The normalized spacial score (nSPS) is 30.9. The molecule has 1 aromatic carbocycles. The first-order valence-electron chi connectivity index (χ1n) is 7.25. The van der Waals surface area contributed by atoms with Crippen LogP contribution < -0.4 is 10.1 Å². The molecule has 0 bridgehead atoms. The van der Waals surface area contributed by atoms with Crippen LogP contribution in [-0.4, -0.2) is 13.7 Å². The largest absolute Gasteiger partial charge is 0.494 e. The second-order valence-corrected chi connectivity index (χ2v) is 5.60. The molecule has 2 fully saturated rings. The van der Waals surface area contributed by atoms with E-state index in [-0.39, 0.29) is 0 Å². The molecular weight excluding hydrogens is 222 g/mol. The average Bonchev–Trinajstić information content (AvgIpc) is 2.86. The quantitative estimate of drug-likeness (QED) is 0.858. The molecule has 3 atom stereocenters. The average molecular weight is 245 g/mol. The summed E-state index contributed by atoms with van der Waals surface area (Å²) in [4.78, 5) is 0. The van der Waals surface area contributed by atoms with Crippen molar-refractivity contribution in [1.82, 2.24) is 5.32 Å². The Kier molecular flexibility index (Phi) is 3.29. The van der Waals surface area contributed by atoms with Gasteiger partial charge in [-0.2, -0.15) is 0 Å². The Morgan fingerprint density at radius 3 is 2.44 bits per heavy atom.